The van der Waals surface area contributed by atoms with Gasteiger partial charge >= 0.3 is 0 Å². The van der Waals surface area contributed by atoms with Crippen molar-refractivity contribution in [1.29, 1.82) is 0 Å². The number of anilines is 2. The number of benzene rings is 1. The zero-order chi connectivity index (χ0) is 8.43. The lowest BCUT2D eigenvalue weighted by Crippen LogP contribution is -1.97. The molecular weight excluding hydrogens is 164 g/mol. The van der Waals surface area contributed by atoms with E-state index in [-0.39, 0.29) is 0 Å². The Morgan fingerprint density at radius 3 is 2.36 bits per heavy atom. The van der Waals surface area contributed by atoms with E-state index in [1.807, 2.05) is 0 Å². The lowest BCUT2D eigenvalue weighted by Gasteiger charge is -1.99. The Morgan fingerprint density at radius 1 is 1.27 bits per heavy atom. The van der Waals surface area contributed by atoms with Gasteiger partial charge in [0.15, 0.2) is 0 Å². The summed E-state index contributed by atoms with van der Waals surface area (Å²) in [5.41, 5.74) is 12.0. The van der Waals surface area contributed by atoms with Gasteiger partial charge in [-0.05, 0) is 29.8 Å². The van der Waals surface area contributed by atoms with Crippen LogP contribution in [0, 0.1) is 0 Å². The van der Waals surface area contributed by atoms with E-state index < -0.39 is 5.24 Å². The predicted molar refractivity (Wildman–Crippen MR) is 45.5 cm³/mol. The summed E-state index contributed by atoms with van der Waals surface area (Å²) >= 11 is 5.19. The first-order valence-corrected chi connectivity index (χ1v) is 3.34. The second kappa shape index (κ2) is 2.80. The van der Waals surface area contributed by atoms with Crippen molar-refractivity contribution in [1.82, 2.24) is 0 Å². The average Bonchev–Trinajstić information content (AvgIpc) is 1.94. The summed E-state index contributed by atoms with van der Waals surface area (Å²) in [6, 6.07) is 4.52. The van der Waals surface area contributed by atoms with Crippen LogP contribution < -0.4 is 11.5 Å². The molecular formula is C7H7ClN2O. The van der Waals surface area contributed by atoms with Gasteiger partial charge in [0, 0.05) is 5.56 Å². The largest absolute Gasteiger partial charge is 0.397 e. The number of hydrogen-bond donors (Lipinski definition) is 2. The topological polar surface area (TPSA) is 69.1 Å². The van der Waals surface area contributed by atoms with Crippen LogP contribution in [0.25, 0.3) is 0 Å². The van der Waals surface area contributed by atoms with Crippen LogP contribution in [0.1, 0.15) is 10.4 Å². The van der Waals surface area contributed by atoms with Crippen LogP contribution in [0.4, 0.5) is 11.4 Å². The number of carbonyl (C=O) groups excluding carboxylic acids is 1. The lowest BCUT2D eigenvalue weighted by atomic mass is 10.2. The van der Waals surface area contributed by atoms with E-state index in [4.69, 9.17) is 23.1 Å². The van der Waals surface area contributed by atoms with E-state index in [0.717, 1.165) is 0 Å². The molecule has 0 radical (unpaired) electrons. The molecule has 0 spiro atoms. The molecule has 0 fully saturated rings. The van der Waals surface area contributed by atoms with Gasteiger partial charge < -0.3 is 11.5 Å². The zero-order valence-electron chi connectivity index (χ0n) is 5.67. The van der Waals surface area contributed by atoms with Crippen LogP contribution in [0.2, 0.25) is 0 Å². The highest BCUT2D eigenvalue weighted by Crippen LogP contribution is 2.16. The second-order valence-corrected chi connectivity index (χ2v) is 2.46. The minimum atomic E-state index is -0.531. The quantitative estimate of drug-likeness (QED) is 0.492. The van der Waals surface area contributed by atoms with Gasteiger partial charge in [0.1, 0.15) is 0 Å². The first-order valence-electron chi connectivity index (χ1n) is 2.96. The Kier molecular flexibility index (Phi) is 2.01. The second-order valence-electron chi connectivity index (χ2n) is 2.12. The maximum absolute atomic E-state index is 10.6. The molecule has 3 nitrogen and oxygen atoms in total. The Bertz CT molecular complexity index is 298. The number of hydrogen-bond acceptors (Lipinski definition) is 3. The van der Waals surface area contributed by atoms with Crippen LogP contribution in [0.15, 0.2) is 18.2 Å². The first kappa shape index (κ1) is 7.88. The fraction of sp³-hybridized carbons (Fsp3) is 0. The molecule has 0 atom stereocenters. The van der Waals surface area contributed by atoms with Gasteiger partial charge in [0.2, 0.25) is 0 Å². The van der Waals surface area contributed by atoms with Crippen molar-refractivity contribution in [3.8, 4) is 0 Å². The molecule has 0 unspecified atom stereocenters. The molecule has 0 amide bonds. The van der Waals surface area contributed by atoms with Gasteiger partial charge in [0.25, 0.3) is 5.24 Å². The Balaban J connectivity index is 3.15. The smallest absolute Gasteiger partial charge is 0.252 e. The van der Waals surface area contributed by atoms with Crippen molar-refractivity contribution in [2.45, 2.75) is 0 Å². The maximum atomic E-state index is 10.6. The van der Waals surface area contributed by atoms with Gasteiger partial charge in [-0.15, -0.1) is 0 Å². The fourth-order valence-corrected chi connectivity index (χ4v) is 0.815. The van der Waals surface area contributed by atoms with Crippen LogP contribution in [0.3, 0.4) is 0 Å². The fourth-order valence-electron chi connectivity index (χ4n) is 0.697. The molecule has 0 aliphatic heterocycles. The third-order valence-electron chi connectivity index (χ3n) is 1.31. The molecule has 0 bridgehead atoms. The zero-order valence-corrected chi connectivity index (χ0v) is 6.43. The van der Waals surface area contributed by atoms with Crippen molar-refractivity contribution >= 4 is 28.2 Å². The molecule has 0 saturated heterocycles. The molecule has 0 heterocycles. The van der Waals surface area contributed by atoms with Crippen molar-refractivity contribution < 1.29 is 4.79 Å². The van der Waals surface area contributed by atoms with Crippen molar-refractivity contribution in [3.63, 3.8) is 0 Å². The molecule has 4 N–H and O–H groups in total. The highest BCUT2D eigenvalue weighted by atomic mass is 35.5. The number of nitrogen functional groups attached to an aromatic ring is 2. The third kappa shape index (κ3) is 1.62. The van der Waals surface area contributed by atoms with Gasteiger partial charge in [-0.2, -0.15) is 0 Å². The van der Waals surface area contributed by atoms with E-state index in [1.54, 1.807) is 6.07 Å². The lowest BCUT2D eigenvalue weighted by molar-refractivity contribution is 0.108. The van der Waals surface area contributed by atoms with Gasteiger partial charge in [0.05, 0.1) is 11.4 Å². The predicted octanol–water partition coefficient (Wildman–Crippen LogP) is 1.23. The molecule has 1 aromatic rings. The van der Waals surface area contributed by atoms with E-state index in [0.29, 0.717) is 16.9 Å². The van der Waals surface area contributed by atoms with Gasteiger partial charge in [-0.3, -0.25) is 4.79 Å². The number of halogens is 1. The minimum Gasteiger partial charge on any atom is -0.397 e. The molecule has 1 aromatic carbocycles. The standard InChI is InChI=1S/C7H7ClN2O/c8-7(11)4-1-2-5(9)6(10)3-4/h1-3H,9-10H2. The SMILES string of the molecule is Nc1ccc(C(=O)Cl)cc1N. The Hall–Kier alpha value is -1.22. The summed E-state index contributed by atoms with van der Waals surface area (Å²) in [5, 5.41) is -0.531. The van der Waals surface area contributed by atoms with Gasteiger partial charge in [-0.25, -0.2) is 0 Å². The number of nitrogens with two attached hydrogens (primary N) is 2. The van der Waals surface area contributed by atoms with E-state index in [1.165, 1.54) is 12.1 Å². The minimum absolute atomic E-state index is 0.360. The molecule has 0 aliphatic rings. The van der Waals surface area contributed by atoms with Crippen LogP contribution in [0.5, 0.6) is 0 Å². The Labute approximate surface area is 68.9 Å². The molecule has 0 saturated carbocycles. The third-order valence-corrected chi connectivity index (χ3v) is 1.53. The van der Waals surface area contributed by atoms with E-state index in [2.05, 4.69) is 0 Å². The number of carbonyl (C=O) groups is 1. The maximum Gasteiger partial charge on any atom is 0.252 e. The summed E-state index contributed by atoms with van der Waals surface area (Å²) in [4.78, 5) is 10.6. The van der Waals surface area contributed by atoms with Crippen molar-refractivity contribution in [2.24, 2.45) is 0 Å². The molecule has 0 aromatic heterocycles. The van der Waals surface area contributed by atoms with Gasteiger partial charge in [-0.1, -0.05) is 0 Å². The Morgan fingerprint density at radius 2 is 1.91 bits per heavy atom. The van der Waals surface area contributed by atoms with Crippen LogP contribution >= 0.6 is 11.6 Å². The molecule has 11 heavy (non-hydrogen) atoms. The highest BCUT2D eigenvalue weighted by molar-refractivity contribution is 6.67. The van der Waals surface area contributed by atoms with Crippen molar-refractivity contribution in [2.75, 3.05) is 11.5 Å². The average molecular weight is 171 g/mol. The van der Waals surface area contributed by atoms with Crippen LogP contribution in [-0.4, -0.2) is 5.24 Å². The van der Waals surface area contributed by atoms with Crippen LogP contribution in [-0.2, 0) is 0 Å². The summed E-state index contributed by atoms with van der Waals surface area (Å²) in [5.74, 6) is 0. The first-order chi connectivity index (χ1) is 5.11. The van der Waals surface area contributed by atoms with E-state index >= 15 is 0 Å². The summed E-state index contributed by atoms with van der Waals surface area (Å²) in [6.45, 7) is 0. The summed E-state index contributed by atoms with van der Waals surface area (Å²) < 4.78 is 0. The highest BCUT2D eigenvalue weighted by Gasteiger charge is 2.02. The normalized spacial score (nSPS) is 9.55. The number of rotatable bonds is 1. The monoisotopic (exact) mass is 170 g/mol. The summed E-state index contributed by atoms with van der Waals surface area (Å²) in [6.07, 6.45) is 0. The molecule has 4 heteroatoms. The van der Waals surface area contributed by atoms with E-state index in [9.17, 15) is 4.79 Å². The summed E-state index contributed by atoms with van der Waals surface area (Å²) in [7, 11) is 0. The van der Waals surface area contributed by atoms with Crippen molar-refractivity contribution in [3.05, 3.63) is 23.8 Å². The molecule has 58 valence electrons. The molecule has 0 aliphatic carbocycles. The molecule has 1 rings (SSSR count).